The molecule has 0 unspecified atom stereocenters. The Morgan fingerprint density at radius 2 is 2.00 bits per heavy atom. The van der Waals surface area contributed by atoms with Crippen LogP contribution in [0.3, 0.4) is 0 Å². The Labute approximate surface area is 106 Å². The average molecular weight is 254 g/mol. The van der Waals surface area contributed by atoms with Crippen LogP contribution in [0.25, 0.3) is 0 Å². The fourth-order valence-electron chi connectivity index (χ4n) is 1.15. The van der Waals surface area contributed by atoms with E-state index in [0.29, 0.717) is 23.5 Å². The molecule has 0 fully saturated rings. The number of ether oxygens (including phenoxy) is 1. The van der Waals surface area contributed by atoms with Crippen molar-refractivity contribution >= 4 is 17.6 Å². The van der Waals surface area contributed by atoms with Crippen molar-refractivity contribution in [3.05, 3.63) is 23.8 Å². The Hall–Kier alpha value is -2.24. The minimum absolute atomic E-state index is 0.149. The Morgan fingerprint density at radius 1 is 1.44 bits per heavy atom. The molecule has 100 valence electrons. The molecule has 0 aliphatic rings. The number of nitrogens with two attached hydrogens (primary N) is 1. The maximum Gasteiger partial charge on any atom is 0.300 e. The predicted molar refractivity (Wildman–Crippen MR) is 68.7 cm³/mol. The van der Waals surface area contributed by atoms with Gasteiger partial charge in [-0.2, -0.15) is 0 Å². The normalized spacial score (nSPS) is 8.83. The molecule has 0 aliphatic heterocycles. The van der Waals surface area contributed by atoms with Crippen molar-refractivity contribution in [2.45, 2.75) is 13.8 Å². The quantitative estimate of drug-likeness (QED) is 0.701. The van der Waals surface area contributed by atoms with Gasteiger partial charge in [-0.05, 0) is 19.1 Å². The zero-order valence-electron chi connectivity index (χ0n) is 10.7. The topological polar surface area (TPSA) is 102 Å². The van der Waals surface area contributed by atoms with Crippen LogP contribution in [0, 0.1) is 0 Å². The highest BCUT2D eigenvalue weighted by Gasteiger charge is 2.10. The Kier molecular flexibility index (Phi) is 6.95. The molecule has 0 spiro atoms. The van der Waals surface area contributed by atoms with Gasteiger partial charge >= 0.3 is 0 Å². The van der Waals surface area contributed by atoms with Crippen molar-refractivity contribution in [2.75, 3.05) is 19.4 Å². The number of anilines is 1. The molecule has 1 amide bonds. The molecule has 0 saturated heterocycles. The van der Waals surface area contributed by atoms with E-state index in [-0.39, 0.29) is 5.91 Å². The summed E-state index contributed by atoms with van der Waals surface area (Å²) in [6, 6.07) is 4.96. The minimum Gasteiger partial charge on any atom is -0.496 e. The van der Waals surface area contributed by atoms with Gasteiger partial charge in [0.05, 0.1) is 12.7 Å². The smallest absolute Gasteiger partial charge is 0.300 e. The third kappa shape index (κ3) is 5.74. The van der Waals surface area contributed by atoms with Gasteiger partial charge in [0.2, 0.25) is 0 Å². The Bertz CT molecular complexity index is 415. The van der Waals surface area contributed by atoms with E-state index in [9.17, 15) is 4.79 Å². The molecule has 0 atom stereocenters. The second kappa shape index (κ2) is 7.94. The van der Waals surface area contributed by atoms with Crippen LogP contribution in [-0.2, 0) is 4.79 Å². The standard InChI is InChI=1S/C10H14N2O2.C2H4O2/c1-3-12-10(13)8-5-4-7(11)6-9(8)14-2;1-2(3)4/h4-6H,3,11H2,1-2H3,(H,12,13);1H3,(H,3,4). The van der Waals surface area contributed by atoms with Crippen molar-refractivity contribution in [1.82, 2.24) is 5.32 Å². The third-order valence-electron chi connectivity index (χ3n) is 1.81. The van der Waals surface area contributed by atoms with Gasteiger partial charge in [0, 0.05) is 25.2 Å². The van der Waals surface area contributed by atoms with Gasteiger partial charge in [-0.15, -0.1) is 0 Å². The van der Waals surface area contributed by atoms with E-state index in [2.05, 4.69) is 5.32 Å². The molecule has 18 heavy (non-hydrogen) atoms. The minimum atomic E-state index is -0.833. The summed E-state index contributed by atoms with van der Waals surface area (Å²) in [7, 11) is 1.51. The maximum absolute atomic E-state index is 11.5. The number of carbonyl (C=O) groups is 2. The molecular formula is C12H18N2O4. The second-order valence-corrected chi connectivity index (χ2v) is 3.34. The Morgan fingerprint density at radius 3 is 2.44 bits per heavy atom. The number of amides is 1. The van der Waals surface area contributed by atoms with E-state index in [1.165, 1.54) is 7.11 Å². The second-order valence-electron chi connectivity index (χ2n) is 3.34. The SMILES string of the molecule is CC(=O)O.CCNC(=O)c1ccc(N)cc1OC. The van der Waals surface area contributed by atoms with E-state index in [1.807, 2.05) is 6.92 Å². The van der Waals surface area contributed by atoms with Gasteiger partial charge in [-0.1, -0.05) is 0 Å². The first-order chi connectivity index (χ1) is 8.42. The zero-order chi connectivity index (χ0) is 14.1. The summed E-state index contributed by atoms with van der Waals surface area (Å²) < 4.78 is 5.05. The fraction of sp³-hybridized carbons (Fsp3) is 0.333. The number of carboxylic acids is 1. The van der Waals surface area contributed by atoms with Crippen LogP contribution in [-0.4, -0.2) is 30.6 Å². The van der Waals surface area contributed by atoms with E-state index in [1.54, 1.807) is 18.2 Å². The molecule has 0 aliphatic carbocycles. The molecule has 0 bridgehead atoms. The summed E-state index contributed by atoms with van der Waals surface area (Å²) in [5, 5.41) is 10.1. The van der Waals surface area contributed by atoms with Gasteiger partial charge < -0.3 is 20.9 Å². The molecule has 1 aromatic rings. The number of nitrogen functional groups attached to an aromatic ring is 1. The first kappa shape index (κ1) is 15.8. The molecule has 6 heteroatoms. The van der Waals surface area contributed by atoms with Crippen LogP contribution in [0.1, 0.15) is 24.2 Å². The Balaban J connectivity index is 0.000000631. The molecule has 0 radical (unpaired) electrons. The lowest BCUT2D eigenvalue weighted by atomic mass is 10.1. The lowest BCUT2D eigenvalue weighted by Crippen LogP contribution is -2.23. The van der Waals surface area contributed by atoms with Crippen LogP contribution in [0.2, 0.25) is 0 Å². The van der Waals surface area contributed by atoms with Crippen LogP contribution >= 0.6 is 0 Å². The van der Waals surface area contributed by atoms with Crippen LogP contribution < -0.4 is 15.8 Å². The highest BCUT2D eigenvalue weighted by atomic mass is 16.5. The zero-order valence-corrected chi connectivity index (χ0v) is 10.7. The summed E-state index contributed by atoms with van der Waals surface area (Å²) in [5.41, 5.74) is 6.65. The molecule has 6 nitrogen and oxygen atoms in total. The number of nitrogens with one attached hydrogen (secondary N) is 1. The fourth-order valence-corrected chi connectivity index (χ4v) is 1.15. The highest BCUT2D eigenvalue weighted by molar-refractivity contribution is 5.97. The molecule has 4 N–H and O–H groups in total. The van der Waals surface area contributed by atoms with Gasteiger partial charge in [-0.25, -0.2) is 0 Å². The van der Waals surface area contributed by atoms with Crippen molar-refractivity contribution in [3.63, 3.8) is 0 Å². The van der Waals surface area contributed by atoms with Gasteiger partial charge in [0.25, 0.3) is 11.9 Å². The summed E-state index contributed by atoms with van der Waals surface area (Å²) >= 11 is 0. The summed E-state index contributed by atoms with van der Waals surface area (Å²) in [4.78, 5) is 20.5. The van der Waals surface area contributed by atoms with Crippen LogP contribution in [0.15, 0.2) is 18.2 Å². The lowest BCUT2D eigenvalue weighted by Gasteiger charge is -2.08. The van der Waals surface area contributed by atoms with Gasteiger partial charge in [0.1, 0.15) is 5.75 Å². The first-order valence-electron chi connectivity index (χ1n) is 5.33. The number of benzene rings is 1. The third-order valence-corrected chi connectivity index (χ3v) is 1.81. The van der Waals surface area contributed by atoms with E-state index >= 15 is 0 Å². The van der Waals surface area contributed by atoms with Crippen LogP contribution in [0.5, 0.6) is 5.75 Å². The van der Waals surface area contributed by atoms with E-state index < -0.39 is 5.97 Å². The molecule has 0 heterocycles. The molecule has 1 aromatic carbocycles. The largest absolute Gasteiger partial charge is 0.496 e. The number of methoxy groups -OCH3 is 1. The number of carbonyl (C=O) groups excluding carboxylic acids is 1. The van der Waals surface area contributed by atoms with Gasteiger partial charge in [0.15, 0.2) is 0 Å². The maximum atomic E-state index is 11.5. The van der Waals surface area contributed by atoms with E-state index in [0.717, 1.165) is 6.92 Å². The van der Waals surface area contributed by atoms with Crippen molar-refractivity contribution in [3.8, 4) is 5.75 Å². The number of carboxylic acid groups (broad SMARTS) is 1. The average Bonchev–Trinajstić information content (AvgIpc) is 2.28. The number of aliphatic carboxylic acids is 1. The highest BCUT2D eigenvalue weighted by Crippen LogP contribution is 2.21. The molecule has 0 saturated carbocycles. The summed E-state index contributed by atoms with van der Waals surface area (Å²) in [6.45, 7) is 3.54. The number of hydrogen-bond donors (Lipinski definition) is 3. The lowest BCUT2D eigenvalue weighted by molar-refractivity contribution is -0.134. The monoisotopic (exact) mass is 254 g/mol. The predicted octanol–water partition coefficient (Wildman–Crippen LogP) is 1.12. The summed E-state index contributed by atoms with van der Waals surface area (Å²) in [5.74, 6) is -0.486. The molecule has 0 aromatic heterocycles. The number of rotatable bonds is 3. The van der Waals surface area contributed by atoms with Gasteiger partial charge in [-0.3, -0.25) is 9.59 Å². The molecular weight excluding hydrogens is 236 g/mol. The summed E-state index contributed by atoms with van der Waals surface area (Å²) in [6.07, 6.45) is 0. The number of hydrogen-bond acceptors (Lipinski definition) is 4. The van der Waals surface area contributed by atoms with Crippen molar-refractivity contribution < 1.29 is 19.4 Å². The van der Waals surface area contributed by atoms with Crippen molar-refractivity contribution in [2.24, 2.45) is 0 Å². The van der Waals surface area contributed by atoms with Crippen molar-refractivity contribution in [1.29, 1.82) is 0 Å². The first-order valence-corrected chi connectivity index (χ1v) is 5.33. The van der Waals surface area contributed by atoms with E-state index in [4.69, 9.17) is 20.4 Å². The van der Waals surface area contributed by atoms with Crippen LogP contribution in [0.4, 0.5) is 5.69 Å². The molecule has 1 rings (SSSR count).